The molecule has 0 aliphatic carbocycles. The van der Waals surface area contributed by atoms with E-state index in [9.17, 15) is 4.79 Å². The van der Waals surface area contributed by atoms with Gasteiger partial charge in [-0.05, 0) is 17.5 Å². The lowest BCUT2D eigenvalue weighted by atomic mass is 10.1. The number of nitrogens with zero attached hydrogens (tertiary/aromatic N) is 4. The second-order valence-electron chi connectivity index (χ2n) is 4.93. The second-order valence-corrected chi connectivity index (χ2v) is 4.93. The quantitative estimate of drug-likeness (QED) is 0.725. The van der Waals surface area contributed by atoms with Crippen molar-refractivity contribution in [3.05, 3.63) is 58.1 Å². The standard InChI is InChI=1S/C15H16N4O2/c1-18-14-6-4-3-5-11(14)7-12(15(18)20)8-19-9-13(10-21-2)16-17-19/h3-7,9H,8,10H2,1-2H3. The monoisotopic (exact) mass is 284 g/mol. The Morgan fingerprint density at radius 2 is 2.10 bits per heavy atom. The summed E-state index contributed by atoms with van der Waals surface area (Å²) >= 11 is 0. The van der Waals surface area contributed by atoms with Gasteiger partial charge in [0.2, 0.25) is 0 Å². The van der Waals surface area contributed by atoms with E-state index in [0.29, 0.717) is 18.7 Å². The van der Waals surface area contributed by atoms with Crippen LogP contribution in [-0.4, -0.2) is 26.7 Å². The molecule has 0 radical (unpaired) electrons. The van der Waals surface area contributed by atoms with Crippen molar-refractivity contribution in [1.29, 1.82) is 0 Å². The molecular formula is C15H16N4O2. The topological polar surface area (TPSA) is 61.9 Å². The van der Waals surface area contributed by atoms with Crippen molar-refractivity contribution >= 4 is 10.9 Å². The SMILES string of the molecule is COCc1cn(Cc2cc3ccccc3n(C)c2=O)nn1. The molecule has 0 unspecified atom stereocenters. The van der Waals surface area contributed by atoms with Crippen LogP contribution < -0.4 is 5.56 Å². The molecule has 3 aromatic rings. The lowest BCUT2D eigenvalue weighted by Crippen LogP contribution is -2.23. The number of ether oxygens (including phenoxy) is 1. The highest BCUT2D eigenvalue weighted by atomic mass is 16.5. The fourth-order valence-electron chi connectivity index (χ4n) is 2.41. The van der Waals surface area contributed by atoms with Gasteiger partial charge in [-0.1, -0.05) is 23.4 Å². The average Bonchev–Trinajstić information content (AvgIpc) is 2.92. The molecule has 3 rings (SSSR count). The van der Waals surface area contributed by atoms with E-state index >= 15 is 0 Å². The van der Waals surface area contributed by atoms with E-state index in [0.717, 1.165) is 16.6 Å². The van der Waals surface area contributed by atoms with Crippen LogP contribution in [0.2, 0.25) is 0 Å². The third kappa shape index (κ3) is 2.57. The molecule has 21 heavy (non-hydrogen) atoms. The van der Waals surface area contributed by atoms with Crippen molar-refractivity contribution in [2.45, 2.75) is 13.2 Å². The molecule has 0 amide bonds. The summed E-state index contributed by atoms with van der Waals surface area (Å²) in [5.41, 5.74) is 2.34. The third-order valence-corrected chi connectivity index (χ3v) is 3.42. The predicted octanol–water partition coefficient (Wildman–Crippen LogP) is 1.32. The third-order valence-electron chi connectivity index (χ3n) is 3.42. The van der Waals surface area contributed by atoms with Crippen LogP contribution >= 0.6 is 0 Å². The highest BCUT2D eigenvalue weighted by Crippen LogP contribution is 2.12. The molecular weight excluding hydrogens is 268 g/mol. The van der Waals surface area contributed by atoms with Gasteiger partial charge in [0, 0.05) is 19.7 Å². The Morgan fingerprint density at radius 1 is 1.29 bits per heavy atom. The van der Waals surface area contributed by atoms with Crippen LogP contribution in [0.25, 0.3) is 10.9 Å². The smallest absolute Gasteiger partial charge is 0.255 e. The first kappa shape index (κ1) is 13.5. The van der Waals surface area contributed by atoms with Gasteiger partial charge < -0.3 is 9.30 Å². The maximum Gasteiger partial charge on any atom is 0.255 e. The fourth-order valence-corrected chi connectivity index (χ4v) is 2.41. The lowest BCUT2D eigenvalue weighted by molar-refractivity contribution is 0.181. The molecule has 6 heteroatoms. The largest absolute Gasteiger partial charge is 0.378 e. The summed E-state index contributed by atoms with van der Waals surface area (Å²) in [5.74, 6) is 0. The van der Waals surface area contributed by atoms with Crippen LogP contribution in [0.1, 0.15) is 11.3 Å². The van der Waals surface area contributed by atoms with Crippen molar-refractivity contribution in [2.24, 2.45) is 7.05 Å². The number of pyridine rings is 1. The molecule has 0 atom stereocenters. The Kier molecular flexibility index (Phi) is 3.53. The van der Waals surface area contributed by atoms with Crippen LogP contribution in [0.3, 0.4) is 0 Å². The van der Waals surface area contributed by atoms with Gasteiger partial charge in [0.25, 0.3) is 5.56 Å². The van der Waals surface area contributed by atoms with Gasteiger partial charge in [0.05, 0.1) is 24.9 Å². The Labute approximate surface area is 121 Å². The second kappa shape index (κ2) is 5.49. The summed E-state index contributed by atoms with van der Waals surface area (Å²) in [4.78, 5) is 12.4. The number of benzene rings is 1. The van der Waals surface area contributed by atoms with Gasteiger partial charge in [-0.3, -0.25) is 4.79 Å². The summed E-state index contributed by atoms with van der Waals surface area (Å²) in [5, 5.41) is 9.05. The van der Waals surface area contributed by atoms with Gasteiger partial charge in [0.1, 0.15) is 5.69 Å². The molecule has 108 valence electrons. The Hall–Kier alpha value is -2.47. The number of rotatable bonds is 4. The van der Waals surface area contributed by atoms with Crippen molar-refractivity contribution in [2.75, 3.05) is 7.11 Å². The molecule has 0 bridgehead atoms. The van der Waals surface area contributed by atoms with Crippen molar-refractivity contribution < 1.29 is 4.74 Å². The van der Waals surface area contributed by atoms with Crippen molar-refractivity contribution in [1.82, 2.24) is 19.6 Å². The lowest BCUT2D eigenvalue weighted by Gasteiger charge is -2.08. The van der Waals surface area contributed by atoms with Gasteiger partial charge in [-0.2, -0.15) is 0 Å². The van der Waals surface area contributed by atoms with Gasteiger partial charge in [-0.15, -0.1) is 5.10 Å². The maximum absolute atomic E-state index is 12.4. The molecule has 0 saturated carbocycles. The van der Waals surface area contributed by atoms with Crippen LogP contribution in [-0.2, 0) is 24.9 Å². The summed E-state index contributed by atoms with van der Waals surface area (Å²) < 4.78 is 8.33. The maximum atomic E-state index is 12.4. The number of hydrogen-bond acceptors (Lipinski definition) is 4. The minimum absolute atomic E-state index is 0.0162. The summed E-state index contributed by atoms with van der Waals surface area (Å²) in [6, 6.07) is 9.73. The van der Waals surface area contributed by atoms with Gasteiger partial charge in [0.15, 0.2) is 0 Å². The normalized spacial score (nSPS) is 11.1. The highest BCUT2D eigenvalue weighted by molar-refractivity contribution is 5.79. The number of aryl methyl sites for hydroxylation is 1. The average molecular weight is 284 g/mol. The molecule has 0 saturated heterocycles. The molecule has 2 heterocycles. The van der Waals surface area contributed by atoms with Crippen LogP contribution in [0.5, 0.6) is 0 Å². The Morgan fingerprint density at radius 3 is 2.90 bits per heavy atom. The molecule has 2 aromatic heterocycles. The predicted molar refractivity (Wildman–Crippen MR) is 79.0 cm³/mol. The first-order chi connectivity index (χ1) is 10.2. The summed E-state index contributed by atoms with van der Waals surface area (Å²) in [7, 11) is 3.39. The van der Waals surface area contributed by atoms with E-state index in [2.05, 4.69) is 10.3 Å². The van der Waals surface area contributed by atoms with Gasteiger partial charge in [-0.25, -0.2) is 4.68 Å². The molecule has 0 aliphatic heterocycles. The Bertz CT molecular complexity index is 835. The van der Waals surface area contributed by atoms with E-state index in [1.54, 1.807) is 29.6 Å². The molecule has 0 spiro atoms. The van der Waals surface area contributed by atoms with E-state index in [1.165, 1.54) is 0 Å². The molecule has 0 N–H and O–H groups in total. The van der Waals surface area contributed by atoms with Crippen LogP contribution in [0.4, 0.5) is 0 Å². The first-order valence-corrected chi connectivity index (χ1v) is 6.64. The van der Waals surface area contributed by atoms with E-state index in [1.807, 2.05) is 30.3 Å². The Balaban J connectivity index is 2.00. The zero-order valence-corrected chi connectivity index (χ0v) is 12.0. The summed E-state index contributed by atoms with van der Waals surface area (Å²) in [6.07, 6.45) is 1.79. The van der Waals surface area contributed by atoms with E-state index in [4.69, 9.17) is 4.74 Å². The highest BCUT2D eigenvalue weighted by Gasteiger charge is 2.08. The van der Waals surface area contributed by atoms with Crippen LogP contribution in [0.15, 0.2) is 41.3 Å². The number of para-hydroxylation sites is 1. The van der Waals surface area contributed by atoms with Crippen molar-refractivity contribution in [3.63, 3.8) is 0 Å². The number of aromatic nitrogens is 4. The molecule has 1 aromatic carbocycles. The molecule has 6 nitrogen and oxygen atoms in total. The number of methoxy groups -OCH3 is 1. The molecule has 0 aliphatic rings. The van der Waals surface area contributed by atoms with Crippen molar-refractivity contribution in [3.8, 4) is 0 Å². The minimum atomic E-state index is -0.0162. The van der Waals surface area contributed by atoms with Crippen LogP contribution in [0, 0.1) is 0 Å². The number of fused-ring (bicyclic) bond motifs is 1. The van der Waals surface area contributed by atoms with E-state index in [-0.39, 0.29) is 5.56 Å². The van der Waals surface area contributed by atoms with Gasteiger partial charge >= 0.3 is 0 Å². The molecule has 0 fully saturated rings. The zero-order valence-electron chi connectivity index (χ0n) is 12.0. The minimum Gasteiger partial charge on any atom is -0.378 e. The summed E-state index contributed by atoms with van der Waals surface area (Å²) in [6.45, 7) is 0.809. The zero-order chi connectivity index (χ0) is 14.8. The number of hydrogen-bond donors (Lipinski definition) is 0. The fraction of sp³-hybridized carbons (Fsp3) is 0.267. The van der Waals surface area contributed by atoms with E-state index < -0.39 is 0 Å². The first-order valence-electron chi connectivity index (χ1n) is 6.64.